The van der Waals surface area contributed by atoms with Crippen LogP contribution in [0.4, 0.5) is 0 Å². The summed E-state index contributed by atoms with van der Waals surface area (Å²) in [7, 11) is -2.42. The lowest BCUT2D eigenvalue weighted by molar-refractivity contribution is -0.671. The van der Waals surface area contributed by atoms with Crippen LogP contribution in [0.3, 0.4) is 0 Å². The van der Waals surface area contributed by atoms with Crippen molar-refractivity contribution in [2.24, 2.45) is 7.05 Å². The number of aromatic nitrogens is 2. The van der Waals surface area contributed by atoms with E-state index in [2.05, 4.69) is 15.3 Å². The zero-order chi connectivity index (χ0) is 12.6. The van der Waals surface area contributed by atoms with Crippen LogP contribution >= 0.6 is 0 Å². The second kappa shape index (κ2) is 7.15. The molecule has 7 heteroatoms. The fourth-order valence-electron chi connectivity index (χ4n) is 0.903. The van der Waals surface area contributed by atoms with Gasteiger partial charge in [0.05, 0.1) is 13.7 Å². The van der Waals surface area contributed by atoms with Gasteiger partial charge in [0.15, 0.2) is 0 Å². The van der Waals surface area contributed by atoms with Gasteiger partial charge in [-0.25, -0.2) is 17.6 Å². The molecule has 16 heavy (non-hydrogen) atoms. The lowest BCUT2D eigenvalue weighted by Gasteiger charge is -2.02. The van der Waals surface area contributed by atoms with Gasteiger partial charge in [0.2, 0.25) is 16.7 Å². The quantitative estimate of drug-likeness (QED) is 0.325. The predicted octanol–water partition coefficient (Wildman–Crippen LogP) is -0.0183. The highest BCUT2D eigenvalue weighted by Gasteiger charge is 1.93. The molecule has 0 spiro atoms. The molecular weight excluding hydrogens is 232 g/mol. The van der Waals surface area contributed by atoms with Gasteiger partial charge in [0.1, 0.15) is 18.9 Å². The SMILES string of the molecule is C=CCn1cc[n+](C)c1.CCOS(=O)(=O)[O-]. The molecule has 0 amide bonds. The molecule has 0 saturated carbocycles. The molecule has 0 aliphatic carbocycles. The van der Waals surface area contributed by atoms with Crippen LogP contribution in [-0.2, 0) is 28.2 Å². The number of rotatable bonds is 4. The Morgan fingerprint density at radius 2 is 2.25 bits per heavy atom. The summed E-state index contributed by atoms with van der Waals surface area (Å²) < 4.78 is 36.1. The molecule has 1 rings (SSSR count). The molecule has 0 fully saturated rings. The lowest BCUT2D eigenvalue weighted by atomic mass is 10.6. The molecule has 0 aromatic carbocycles. The zero-order valence-corrected chi connectivity index (χ0v) is 10.2. The van der Waals surface area contributed by atoms with Crippen molar-refractivity contribution in [3.63, 3.8) is 0 Å². The third-order valence-corrected chi connectivity index (χ3v) is 1.95. The van der Waals surface area contributed by atoms with Crippen LogP contribution in [-0.4, -0.2) is 24.1 Å². The molecule has 0 bridgehead atoms. The first-order chi connectivity index (χ1) is 7.39. The van der Waals surface area contributed by atoms with E-state index in [0.717, 1.165) is 6.54 Å². The summed E-state index contributed by atoms with van der Waals surface area (Å²) in [6.45, 7) is 5.86. The van der Waals surface area contributed by atoms with E-state index in [0.29, 0.717) is 0 Å². The van der Waals surface area contributed by atoms with Gasteiger partial charge < -0.3 is 4.55 Å². The standard InChI is InChI=1S/C7H11N2.C2H6O4S/c1-3-4-9-6-5-8(2)7-9;1-2-6-7(3,4)5/h3,5-7H,1,4H2,2H3;2H2,1H3,(H,3,4,5)/q+1;/p-1. The van der Waals surface area contributed by atoms with Gasteiger partial charge in [0, 0.05) is 0 Å². The van der Waals surface area contributed by atoms with E-state index >= 15 is 0 Å². The third kappa shape index (κ3) is 8.16. The largest absolute Gasteiger partial charge is 0.726 e. The molecule has 6 nitrogen and oxygen atoms in total. The smallest absolute Gasteiger partial charge is 0.243 e. The molecule has 0 saturated heterocycles. The molecule has 1 aromatic rings. The van der Waals surface area contributed by atoms with E-state index in [-0.39, 0.29) is 6.61 Å². The summed E-state index contributed by atoms with van der Waals surface area (Å²) in [5.41, 5.74) is 0. The number of hydrogen-bond donors (Lipinski definition) is 0. The molecule has 1 aromatic heterocycles. The number of imidazole rings is 1. The van der Waals surface area contributed by atoms with E-state index in [1.54, 1.807) is 0 Å². The minimum atomic E-state index is -4.42. The summed E-state index contributed by atoms with van der Waals surface area (Å²) in [6.07, 6.45) is 7.91. The number of allylic oxidation sites excluding steroid dienone is 1. The van der Waals surface area contributed by atoms with Gasteiger partial charge >= 0.3 is 0 Å². The lowest BCUT2D eigenvalue weighted by Crippen LogP contribution is -2.23. The summed E-state index contributed by atoms with van der Waals surface area (Å²) in [4.78, 5) is 0. The van der Waals surface area contributed by atoms with Gasteiger partial charge in [-0.15, -0.1) is 0 Å². The average Bonchev–Trinajstić information content (AvgIpc) is 2.51. The van der Waals surface area contributed by atoms with Crippen molar-refractivity contribution in [3.8, 4) is 0 Å². The van der Waals surface area contributed by atoms with Crippen LogP contribution < -0.4 is 4.57 Å². The first kappa shape index (κ1) is 14.8. The van der Waals surface area contributed by atoms with E-state index in [1.807, 2.05) is 36.4 Å². The number of nitrogens with zero attached hydrogens (tertiary/aromatic N) is 2. The highest BCUT2D eigenvalue weighted by atomic mass is 32.3. The second-order valence-corrected chi connectivity index (χ2v) is 3.93. The van der Waals surface area contributed by atoms with Crippen molar-refractivity contribution in [2.45, 2.75) is 13.5 Å². The van der Waals surface area contributed by atoms with Crippen molar-refractivity contribution in [1.29, 1.82) is 0 Å². The molecule has 1 heterocycles. The van der Waals surface area contributed by atoms with Crippen molar-refractivity contribution < 1.29 is 21.7 Å². The molecular formula is C9H16N2O4S. The fourth-order valence-corrected chi connectivity index (χ4v) is 1.19. The van der Waals surface area contributed by atoms with Crippen molar-refractivity contribution >= 4 is 10.4 Å². The Hall–Kier alpha value is -1.18. The minimum Gasteiger partial charge on any atom is -0.726 e. The first-order valence-electron chi connectivity index (χ1n) is 4.61. The molecule has 0 N–H and O–H groups in total. The van der Waals surface area contributed by atoms with Gasteiger partial charge in [0.25, 0.3) is 0 Å². The molecule has 92 valence electrons. The third-order valence-electron chi connectivity index (χ3n) is 1.43. The summed E-state index contributed by atoms with van der Waals surface area (Å²) in [6, 6.07) is 0. The maximum absolute atomic E-state index is 9.45. The highest BCUT2D eigenvalue weighted by molar-refractivity contribution is 7.80. The Labute approximate surface area is 95.7 Å². The van der Waals surface area contributed by atoms with Gasteiger partial charge in [-0.2, -0.15) is 0 Å². The Bertz CT molecular complexity index is 411. The summed E-state index contributed by atoms with van der Waals surface area (Å²) in [5, 5.41) is 0. The predicted molar refractivity (Wildman–Crippen MR) is 57.1 cm³/mol. The molecule has 0 radical (unpaired) electrons. The average molecular weight is 248 g/mol. The van der Waals surface area contributed by atoms with E-state index in [4.69, 9.17) is 0 Å². The van der Waals surface area contributed by atoms with Crippen molar-refractivity contribution in [1.82, 2.24) is 4.57 Å². The maximum atomic E-state index is 9.45. The van der Waals surface area contributed by atoms with E-state index in [1.165, 1.54) is 6.92 Å². The number of hydrogen-bond acceptors (Lipinski definition) is 4. The van der Waals surface area contributed by atoms with Crippen molar-refractivity contribution in [3.05, 3.63) is 31.4 Å². The highest BCUT2D eigenvalue weighted by Crippen LogP contribution is 1.82. The Morgan fingerprint density at radius 1 is 1.62 bits per heavy atom. The van der Waals surface area contributed by atoms with Crippen LogP contribution in [0.15, 0.2) is 31.4 Å². The molecule has 0 aliphatic heterocycles. The van der Waals surface area contributed by atoms with Crippen LogP contribution in [0.25, 0.3) is 0 Å². The normalized spacial score (nSPS) is 10.4. The molecule has 0 atom stereocenters. The van der Waals surface area contributed by atoms with Crippen molar-refractivity contribution in [2.75, 3.05) is 6.61 Å². The Morgan fingerprint density at radius 3 is 2.50 bits per heavy atom. The van der Waals surface area contributed by atoms with Crippen LogP contribution in [0, 0.1) is 0 Å². The van der Waals surface area contributed by atoms with Gasteiger partial charge in [-0.05, 0) is 6.92 Å². The first-order valence-corrected chi connectivity index (χ1v) is 5.94. The second-order valence-electron chi connectivity index (χ2n) is 2.88. The van der Waals surface area contributed by atoms with Gasteiger partial charge in [-0.3, -0.25) is 4.18 Å². The van der Waals surface area contributed by atoms with E-state index < -0.39 is 10.4 Å². The molecule has 0 aliphatic rings. The maximum Gasteiger partial charge on any atom is 0.243 e. The fraction of sp³-hybridized carbons (Fsp3) is 0.444. The van der Waals surface area contributed by atoms with Crippen LogP contribution in [0.5, 0.6) is 0 Å². The topological polar surface area (TPSA) is 75.2 Å². The Balaban J connectivity index is 0.000000293. The van der Waals surface area contributed by atoms with Crippen LogP contribution in [0.1, 0.15) is 6.92 Å². The van der Waals surface area contributed by atoms with Gasteiger partial charge in [-0.1, -0.05) is 12.7 Å². The monoisotopic (exact) mass is 248 g/mol. The summed E-state index contributed by atoms with van der Waals surface area (Å²) in [5.74, 6) is 0. The van der Waals surface area contributed by atoms with E-state index in [9.17, 15) is 13.0 Å². The Kier molecular flexibility index (Phi) is 6.63. The van der Waals surface area contributed by atoms with Crippen LogP contribution in [0.2, 0.25) is 0 Å². The zero-order valence-electron chi connectivity index (χ0n) is 9.37. The summed E-state index contributed by atoms with van der Waals surface area (Å²) >= 11 is 0. The number of aryl methyl sites for hydroxylation is 1. The molecule has 0 unspecified atom stereocenters. The minimum absolute atomic E-state index is 0.0914.